The fourth-order valence-electron chi connectivity index (χ4n) is 5.62. The fourth-order valence-corrected chi connectivity index (χ4v) is 5.62. The number of rotatable bonds is 7. The minimum absolute atomic E-state index is 0.0511. The summed E-state index contributed by atoms with van der Waals surface area (Å²) in [6, 6.07) is 33.2. The van der Waals surface area contributed by atoms with E-state index >= 15 is 0 Å². The lowest BCUT2D eigenvalue weighted by molar-refractivity contribution is 0.0786. The number of tetrazole rings is 1. The van der Waals surface area contributed by atoms with Crippen molar-refractivity contribution in [2.45, 2.75) is 18.9 Å². The highest BCUT2D eigenvalue weighted by atomic mass is 16.2. The number of benzene rings is 4. The van der Waals surface area contributed by atoms with Crippen molar-refractivity contribution in [1.29, 1.82) is 0 Å². The maximum atomic E-state index is 13.5. The zero-order valence-corrected chi connectivity index (χ0v) is 21.3. The Hall–Kier alpha value is -4.36. The van der Waals surface area contributed by atoms with Gasteiger partial charge in [0.2, 0.25) is 5.82 Å². The van der Waals surface area contributed by atoms with Crippen LogP contribution in [0.25, 0.3) is 22.2 Å². The molecule has 0 spiro atoms. The topological polar surface area (TPSA) is 86.8 Å². The van der Waals surface area contributed by atoms with Crippen LogP contribution in [0.5, 0.6) is 0 Å². The monoisotopic (exact) mass is 502 g/mol. The predicted molar refractivity (Wildman–Crippen MR) is 149 cm³/mol. The van der Waals surface area contributed by atoms with Crippen LogP contribution in [0, 0.1) is 5.92 Å². The molecular formula is C31H30N6O. The fraction of sp³-hybridized carbons (Fsp3) is 0.226. The number of amides is 1. The number of hydrogen-bond donors (Lipinski definition) is 2. The number of carbonyl (C=O) groups excluding carboxylic acids is 1. The highest BCUT2D eigenvalue weighted by Gasteiger charge is 2.36. The maximum absolute atomic E-state index is 13.5. The number of H-pyrrole nitrogens is 1. The van der Waals surface area contributed by atoms with Gasteiger partial charge >= 0.3 is 0 Å². The summed E-state index contributed by atoms with van der Waals surface area (Å²) in [5.74, 6) is 1.14. The van der Waals surface area contributed by atoms with Gasteiger partial charge < -0.3 is 10.2 Å². The molecule has 1 aromatic heterocycles. The standard InChI is InChI=1S/C31H30N6O/c1-21(27-13-7-11-22-10-5-6-12-28(22)27)32-18-26-19-37(20-29(26)23-8-3-2-4-9-23)31(38)25-16-14-24(15-17-25)30-33-35-36-34-30/h2-17,21,26,29,32H,18-20H2,1H3,(H,33,34,35,36)/t21-,26+,29-/m1/s1. The molecule has 3 atom stereocenters. The van der Waals surface area contributed by atoms with E-state index in [1.165, 1.54) is 21.9 Å². The predicted octanol–water partition coefficient (Wildman–Crippen LogP) is 5.23. The molecule has 0 saturated carbocycles. The molecule has 4 aromatic carbocycles. The van der Waals surface area contributed by atoms with Crippen molar-refractivity contribution in [3.8, 4) is 11.4 Å². The number of likely N-dealkylation sites (tertiary alicyclic amines) is 1. The first-order valence-electron chi connectivity index (χ1n) is 13.1. The van der Waals surface area contributed by atoms with Crippen LogP contribution in [0.3, 0.4) is 0 Å². The summed E-state index contributed by atoms with van der Waals surface area (Å²) in [4.78, 5) is 15.5. The minimum atomic E-state index is 0.0511. The molecule has 5 aromatic rings. The van der Waals surface area contributed by atoms with Crippen molar-refractivity contribution in [2.24, 2.45) is 5.92 Å². The van der Waals surface area contributed by atoms with Crippen molar-refractivity contribution in [3.05, 3.63) is 114 Å². The summed E-state index contributed by atoms with van der Waals surface area (Å²) >= 11 is 0. The Labute approximate surface area is 221 Å². The normalized spacial score (nSPS) is 18.1. The average Bonchev–Trinajstić information content (AvgIpc) is 3.67. The zero-order valence-electron chi connectivity index (χ0n) is 21.3. The van der Waals surface area contributed by atoms with Crippen LogP contribution < -0.4 is 5.32 Å². The van der Waals surface area contributed by atoms with E-state index in [0.717, 1.165) is 12.1 Å². The van der Waals surface area contributed by atoms with Crippen molar-refractivity contribution in [3.63, 3.8) is 0 Å². The van der Waals surface area contributed by atoms with E-state index in [9.17, 15) is 4.79 Å². The lowest BCUT2D eigenvalue weighted by Gasteiger charge is -2.23. The molecule has 2 N–H and O–H groups in total. The molecule has 1 aliphatic rings. The lowest BCUT2D eigenvalue weighted by Crippen LogP contribution is -2.32. The maximum Gasteiger partial charge on any atom is 0.253 e. The van der Waals surface area contributed by atoms with Crippen LogP contribution in [-0.4, -0.2) is 51.1 Å². The van der Waals surface area contributed by atoms with Gasteiger partial charge in [-0.2, -0.15) is 5.21 Å². The summed E-state index contributed by atoms with van der Waals surface area (Å²) in [7, 11) is 0. The van der Waals surface area contributed by atoms with Gasteiger partial charge in [0.1, 0.15) is 0 Å². The molecule has 0 bridgehead atoms. The molecule has 7 heteroatoms. The van der Waals surface area contributed by atoms with Crippen LogP contribution >= 0.6 is 0 Å². The van der Waals surface area contributed by atoms with Crippen LogP contribution in [0.4, 0.5) is 0 Å². The summed E-state index contributed by atoms with van der Waals surface area (Å²) in [6.45, 7) is 4.46. The zero-order chi connectivity index (χ0) is 25.9. The third kappa shape index (κ3) is 4.80. The van der Waals surface area contributed by atoms with E-state index in [4.69, 9.17) is 0 Å². The van der Waals surface area contributed by atoms with E-state index in [-0.39, 0.29) is 17.9 Å². The number of hydrogen-bond acceptors (Lipinski definition) is 5. The molecule has 0 unspecified atom stereocenters. The Bertz CT molecular complexity index is 1510. The van der Waals surface area contributed by atoms with Crippen LogP contribution in [0.15, 0.2) is 97.1 Å². The molecule has 190 valence electrons. The highest BCUT2D eigenvalue weighted by Crippen LogP contribution is 2.34. The second kappa shape index (κ2) is 10.6. The first kappa shape index (κ1) is 24.0. The second-order valence-corrected chi connectivity index (χ2v) is 10.00. The van der Waals surface area contributed by atoms with Crippen molar-refractivity contribution < 1.29 is 4.79 Å². The number of aromatic nitrogens is 4. The van der Waals surface area contributed by atoms with E-state index in [0.29, 0.717) is 30.4 Å². The van der Waals surface area contributed by atoms with Crippen LogP contribution in [0.1, 0.15) is 40.4 Å². The summed E-state index contributed by atoms with van der Waals surface area (Å²) in [6.07, 6.45) is 0. The third-order valence-electron chi connectivity index (χ3n) is 7.67. The molecule has 0 aliphatic carbocycles. The van der Waals surface area contributed by atoms with E-state index in [1.54, 1.807) is 0 Å². The van der Waals surface area contributed by atoms with Crippen molar-refractivity contribution >= 4 is 16.7 Å². The van der Waals surface area contributed by atoms with Crippen LogP contribution in [0.2, 0.25) is 0 Å². The van der Waals surface area contributed by atoms with Gasteiger partial charge in [-0.15, -0.1) is 10.2 Å². The lowest BCUT2D eigenvalue weighted by atomic mass is 9.88. The van der Waals surface area contributed by atoms with Gasteiger partial charge in [-0.3, -0.25) is 4.79 Å². The minimum Gasteiger partial charge on any atom is -0.338 e. The van der Waals surface area contributed by atoms with Gasteiger partial charge in [-0.25, -0.2) is 0 Å². The van der Waals surface area contributed by atoms with Gasteiger partial charge in [-0.1, -0.05) is 84.9 Å². The molecule has 6 rings (SSSR count). The first-order valence-corrected chi connectivity index (χ1v) is 13.1. The molecule has 7 nitrogen and oxygen atoms in total. The van der Waals surface area contributed by atoms with Gasteiger partial charge in [0.05, 0.1) is 0 Å². The first-order chi connectivity index (χ1) is 18.7. The Morgan fingerprint density at radius 2 is 1.71 bits per heavy atom. The Morgan fingerprint density at radius 1 is 0.947 bits per heavy atom. The SMILES string of the molecule is C[C@@H](NC[C@H]1CN(C(=O)c2ccc(-c3nn[nH]n3)cc2)C[C@@H]1c1ccccc1)c1cccc2ccccc12. The molecule has 1 aliphatic heterocycles. The Kier molecular flexibility index (Phi) is 6.67. The molecular weight excluding hydrogens is 472 g/mol. The summed E-state index contributed by atoms with van der Waals surface area (Å²) < 4.78 is 0. The van der Waals surface area contributed by atoms with Crippen molar-refractivity contribution in [1.82, 2.24) is 30.8 Å². The highest BCUT2D eigenvalue weighted by molar-refractivity contribution is 5.95. The van der Waals surface area contributed by atoms with Gasteiger partial charge in [0, 0.05) is 42.7 Å². The molecule has 1 saturated heterocycles. The third-order valence-corrected chi connectivity index (χ3v) is 7.67. The van der Waals surface area contributed by atoms with Gasteiger partial charge in [-0.05, 0) is 52.1 Å². The largest absolute Gasteiger partial charge is 0.338 e. The molecule has 0 radical (unpaired) electrons. The smallest absolute Gasteiger partial charge is 0.253 e. The molecule has 1 fully saturated rings. The van der Waals surface area contributed by atoms with Gasteiger partial charge in [0.25, 0.3) is 5.91 Å². The van der Waals surface area contributed by atoms with E-state index in [1.807, 2.05) is 35.2 Å². The quantitative estimate of drug-likeness (QED) is 0.318. The summed E-state index contributed by atoms with van der Waals surface area (Å²) in [5, 5.41) is 20.4. The van der Waals surface area contributed by atoms with Crippen LogP contribution in [-0.2, 0) is 0 Å². The summed E-state index contributed by atoms with van der Waals surface area (Å²) in [5.41, 5.74) is 4.07. The van der Waals surface area contributed by atoms with E-state index < -0.39 is 0 Å². The average molecular weight is 503 g/mol. The van der Waals surface area contributed by atoms with Crippen molar-refractivity contribution in [2.75, 3.05) is 19.6 Å². The molecule has 1 amide bonds. The number of aromatic amines is 1. The number of fused-ring (bicyclic) bond motifs is 1. The molecule has 38 heavy (non-hydrogen) atoms. The Morgan fingerprint density at radius 3 is 2.50 bits per heavy atom. The Balaban J connectivity index is 1.19. The number of carbonyl (C=O) groups is 1. The van der Waals surface area contributed by atoms with E-state index in [2.05, 4.69) is 99.6 Å². The second-order valence-electron chi connectivity index (χ2n) is 10.00. The number of nitrogens with zero attached hydrogens (tertiary/aromatic N) is 4. The molecule has 2 heterocycles. The number of nitrogens with one attached hydrogen (secondary N) is 2. The van der Waals surface area contributed by atoms with Gasteiger partial charge in [0.15, 0.2) is 0 Å².